The summed E-state index contributed by atoms with van der Waals surface area (Å²) in [4.78, 5) is 24.3. The number of ether oxygens (including phenoxy) is 1. The van der Waals surface area contributed by atoms with Gasteiger partial charge in [0.25, 0.3) is 15.9 Å². The van der Waals surface area contributed by atoms with Gasteiger partial charge in [0.15, 0.2) is 0 Å². The summed E-state index contributed by atoms with van der Waals surface area (Å²) in [5, 5.41) is 2.63. The average molecular weight is 404 g/mol. The predicted molar refractivity (Wildman–Crippen MR) is 106 cm³/mol. The van der Waals surface area contributed by atoms with Crippen LogP contribution in [-0.4, -0.2) is 33.4 Å². The van der Waals surface area contributed by atoms with Crippen LogP contribution < -0.4 is 10.0 Å². The molecule has 7 nitrogen and oxygen atoms in total. The third kappa shape index (κ3) is 5.82. The molecule has 0 aliphatic rings. The van der Waals surface area contributed by atoms with E-state index < -0.39 is 27.9 Å². The minimum atomic E-state index is -3.77. The molecule has 1 amide bonds. The highest BCUT2D eigenvalue weighted by Gasteiger charge is 2.23. The minimum absolute atomic E-state index is 0.0274. The molecule has 2 aromatic carbocycles. The molecule has 0 aliphatic carbocycles. The van der Waals surface area contributed by atoms with Crippen molar-refractivity contribution < 1.29 is 22.7 Å². The number of benzene rings is 2. The van der Waals surface area contributed by atoms with Crippen LogP contribution in [-0.2, 0) is 19.6 Å². The van der Waals surface area contributed by atoms with Crippen LogP contribution in [0.5, 0.6) is 0 Å². The van der Waals surface area contributed by atoms with Gasteiger partial charge in [-0.3, -0.25) is 9.52 Å². The normalized spacial score (nSPS) is 12.3. The highest BCUT2D eigenvalue weighted by atomic mass is 32.2. The maximum absolute atomic E-state index is 12.4. The Hall–Kier alpha value is -2.87. The van der Waals surface area contributed by atoms with Gasteiger partial charge >= 0.3 is 5.97 Å². The Morgan fingerprint density at radius 2 is 1.61 bits per heavy atom. The molecular weight excluding hydrogens is 380 g/mol. The van der Waals surface area contributed by atoms with E-state index in [1.807, 2.05) is 13.8 Å². The second kappa shape index (κ2) is 9.36. The zero-order chi connectivity index (χ0) is 20.7. The Kier molecular flexibility index (Phi) is 7.17. The van der Waals surface area contributed by atoms with Crippen molar-refractivity contribution in [2.75, 3.05) is 11.8 Å². The summed E-state index contributed by atoms with van der Waals surface area (Å²) in [5.74, 6) is -0.815. The summed E-state index contributed by atoms with van der Waals surface area (Å²) < 4.78 is 32.1. The van der Waals surface area contributed by atoms with Gasteiger partial charge in [-0.15, -0.1) is 0 Å². The fraction of sp³-hybridized carbons (Fsp3) is 0.300. The lowest BCUT2D eigenvalue weighted by atomic mass is 10.0. The fourth-order valence-electron chi connectivity index (χ4n) is 2.58. The van der Waals surface area contributed by atoms with Crippen molar-refractivity contribution in [1.82, 2.24) is 5.32 Å². The maximum Gasteiger partial charge on any atom is 0.328 e. The molecule has 2 N–H and O–H groups in total. The Balaban J connectivity index is 2.12. The first kappa shape index (κ1) is 21.4. The molecule has 0 aliphatic heterocycles. The Bertz CT molecular complexity index is 909. The van der Waals surface area contributed by atoms with Crippen LogP contribution in [0.4, 0.5) is 5.69 Å². The van der Waals surface area contributed by atoms with Crippen molar-refractivity contribution in [3.63, 3.8) is 0 Å². The van der Waals surface area contributed by atoms with E-state index in [4.69, 9.17) is 4.74 Å². The molecule has 0 heterocycles. The molecule has 0 saturated heterocycles. The maximum atomic E-state index is 12.4. The number of sulfonamides is 1. The smallest absolute Gasteiger partial charge is 0.328 e. The van der Waals surface area contributed by atoms with Crippen molar-refractivity contribution in [1.29, 1.82) is 0 Å². The van der Waals surface area contributed by atoms with Crippen LogP contribution in [0.2, 0.25) is 0 Å². The second-order valence-electron chi connectivity index (χ2n) is 6.67. The number of hydrogen-bond acceptors (Lipinski definition) is 5. The van der Waals surface area contributed by atoms with Crippen molar-refractivity contribution in [3.05, 3.63) is 60.2 Å². The number of hydrogen-bond donors (Lipinski definition) is 2. The number of carbonyl (C=O) groups is 2. The fourth-order valence-corrected chi connectivity index (χ4v) is 3.63. The average Bonchev–Trinajstić information content (AvgIpc) is 2.67. The molecule has 0 saturated carbocycles. The number of amides is 1. The summed E-state index contributed by atoms with van der Waals surface area (Å²) >= 11 is 0. The van der Waals surface area contributed by atoms with Crippen molar-refractivity contribution in [2.24, 2.45) is 5.92 Å². The van der Waals surface area contributed by atoms with E-state index in [9.17, 15) is 18.0 Å². The lowest BCUT2D eigenvalue weighted by molar-refractivity contribution is -0.143. The summed E-state index contributed by atoms with van der Waals surface area (Å²) in [7, 11) is -2.50. The third-order valence-corrected chi connectivity index (χ3v) is 5.35. The monoisotopic (exact) mass is 404 g/mol. The van der Waals surface area contributed by atoms with Crippen molar-refractivity contribution in [3.8, 4) is 0 Å². The first-order chi connectivity index (χ1) is 13.2. The summed E-state index contributed by atoms with van der Waals surface area (Å²) in [5.41, 5.74) is 0.690. The molecule has 1 unspecified atom stereocenters. The lowest BCUT2D eigenvalue weighted by Gasteiger charge is -2.18. The van der Waals surface area contributed by atoms with Gasteiger partial charge in [-0.1, -0.05) is 32.0 Å². The van der Waals surface area contributed by atoms with Crippen LogP contribution in [0, 0.1) is 5.92 Å². The molecule has 0 fully saturated rings. The molecule has 0 radical (unpaired) electrons. The van der Waals surface area contributed by atoms with E-state index in [0.29, 0.717) is 12.1 Å². The van der Waals surface area contributed by atoms with Crippen LogP contribution >= 0.6 is 0 Å². The van der Waals surface area contributed by atoms with Gasteiger partial charge in [0.2, 0.25) is 0 Å². The van der Waals surface area contributed by atoms with E-state index in [-0.39, 0.29) is 16.4 Å². The van der Waals surface area contributed by atoms with E-state index in [2.05, 4.69) is 10.0 Å². The van der Waals surface area contributed by atoms with Crippen LogP contribution in [0.25, 0.3) is 0 Å². The van der Waals surface area contributed by atoms with E-state index in [1.165, 1.54) is 31.4 Å². The zero-order valence-electron chi connectivity index (χ0n) is 16.0. The van der Waals surface area contributed by atoms with Gasteiger partial charge in [-0.2, -0.15) is 0 Å². The molecule has 28 heavy (non-hydrogen) atoms. The van der Waals surface area contributed by atoms with Gasteiger partial charge in [-0.05, 0) is 48.7 Å². The number of anilines is 1. The Morgan fingerprint density at radius 1 is 1.00 bits per heavy atom. The summed E-state index contributed by atoms with van der Waals surface area (Å²) in [6.07, 6.45) is 0.436. The van der Waals surface area contributed by atoms with Gasteiger partial charge in [0.05, 0.1) is 12.0 Å². The van der Waals surface area contributed by atoms with E-state index in [0.717, 1.165) is 0 Å². The second-order valence-corrected chi connectivity index (χ2v) is 8.36. The number of carbonyl (C=O) groups excluding carboxylic acids is 2. The van der Waals surface area contributed by atoms with E-state index >= 15 is 0 Å². The third-order valence-electron chi connectivity index (χ3n) is 3.95. The standard InChI is InChI=1S/C20H24N2O5S/c1-14(2)13-18(20(24)27-3)21-19(23)15-9-11-17(12-10-15)28(25,26)22-16-7-5-4-6-8-16/h4-12,14,18,22H,13H2,1-3H3,(H,21,23). The SMILES string of the molecule is COC(=O)C(CC(C)C)NC(=O)c1ccc(S(=O)(=O)Nc2ccccc2)cc1. The molecule has 0 spiro atoms. The molecule has 0 aromatic heterocycles. The van der Waals surface area contributed by atoms with Crippen LogP contribution in [0.3, 0.4) is 0 Å². The molecule has 8 heteroatoms. The Labute approximate surface area is 165 Å². The van der Waals surface area contributed by atoms with Crippen molar-refractivity contribution >= 4 is 27.6 Å². The topological polar surface area (TPSA) is 102 Å². The Morgan fingerprint density at radius 3 is 2.14 bits per heavy atom. The lowest BCUT2D eigenvalue weighted by Crippen LogP contribution is -2.42. The zero-order valence-corrected chi connectivity index (χ0v) is 16.8. The highest BCUT2D eigenvalue weighted by molar-refractivity contribution is 7.92. The minimum Gasteiger partial charge on any atom is -0.467 e. The van der Waals surface area contributed by atoms with E-state index in [1.54, 1.807) is 30.3 Å². The number of methoxy groups -OCH3 is 1. The molecule has 2 aromatic rings. The van der Waals surface area contributed by atoms with Crippen LogP contribution in [0.15, 0.2) is 59.5 Å². The number of rotatable bonds is 8. The van der Waals surface area contributed by atoms with Gasteiger partial charge in [-0.25, -0.2) is 13.2 Å². The first-order valence-corrected chi connectivity index (χ1v) is 10.3. The predicted octanol–water partition coefficient (Wildman–Crippen LogP) is 2.80. The molecule has 0 bridgehead atoms. The number of nitrogens with one attached hydrogen (secondary N) is 2. The van der Waals surface area contributed by atoms with Gasteiger partial charge < -0.3 is 10.1 Å². The quantitative estimate of drug-likeness (QED) is 0.659. The summed E-state index contributed by atoms with van der Waals surface area (Å²) in [6, 6.07) is 13.2. The molecular formula is C20H24N2O5S. The highest BCUT2D eigenvalue weighted by Crippen LogP contribution is 2.16. The first-order valence-electron chi connectivity index (χ1n) is 8.79. The molecule has 2 rings (SSSR count). The van der Waals surface area contributed by atoms with Crippen molar-refractivity contribution in [2.45, 2.75) is 31.2 Å². The van der Waals surface area contributed by atoms with Crippen LogP contribution in [0.1, 0.15) is 30.6 Å². The molecule has 1 atom stereocenters. The largest absolute Gasteiger partial charge is 0.467 e. The number of para-hydroxylation sites is 1. The molecule has 150 valence electrons. The van der Waals surface area contributed by atoms with Gasteiger partial charge in [0.1, 0.15) is 6.04 Å². The van der Waals surface area contributed by atoms with Gasteiger partial charge in [0, 0.05) is 11.3 Å². The number of esters is 1. The summed E-state index contributed by atoms with van der Waals surface area (Å²) in [6.45, 7) is 3.86.